The molecule has 0 fully saturated rings. The molecule has 1 aliphatic rings. The number of ether oxygens (including phenoxy) is 1. The van der Waals surface area contributed by atoms with Gasteiger partial charge in [-0.1, -0.05) is 0 Å². The van der Waals surface area contributed by atoms with E-state index in [4.69, 9.17) is 4.74 Å². The topological polar surface area (TPSA) is 98.9 Å². The molecule has 9 nitrogen and oxygen atoms in total. The summed E-state index contributed by atoms with van der Waals surface area (Å²) < 4.78 is 9.52. The lowest BCUT2D eigenvalue weighted by atomic mass is 10.0. The first-order valence-corrected chi connectivity index (χ1v) is 11.0. The van der Waals surface area contributed by atoms with Gasteiger partial charge in [0.2, 0.25) is 5.88 Å². The van der Waals surface area contributed by atoms with Crippen molar-refractivity contribution in [3.8, 4) is 11.6 Å². The number of carbonyl (C=O) groups is 1. The van der Waals surface area contributed by atoms with Gasteiger partial charge >= 0.3 is 6.03 Å². The second-order valence-electron chi connectivity index (χ2n) is 9.35. The molecular formula is C24H27N7O2. The number of aromatic nitrogens is 5. The van der Waals surface area contributed by atoms with Crippen LogP contribution in [0.25, 0.3) is 10.9 Å². The average Bonchev–Trinajstić information content (AvgIpc) is 3.41. The minimum absolute atomic E-state index is 0.156. The molecule has 1 aliphatic heterocycles. The lowest BCUT2D eigenvalue weighted by Gasteiger charge is -2.23. The summed E-state index contributed by atoms with van der Waals surface area (Å²) in [6, 6.07) is 9.37. The van der Waals surface area contributed by atoms with Gasteiger partial charge in [-0.05, 0) is 58.4 Å². The normalized spacial score (nSPS) is 15.9. The summed E-state index contributed by atoms with van der Waals surface area (Å²) in [5.74, 6) is 1.75. The molecule has 4 aromatic rings. The number of hydrogen-bond donors (Lipinski definition) is 2. The molecule has 9 heteroatoms. The predicted octanol–water partition coefficient (Wildman–Crippen LogP) is 4.29. The maximum absolute atomic E-state index is 12.9. The largest absolute Gasteiger partial charge is 0.439 e. The lowest BCUT2D eigenvalue weighted by Crippen LogP contribution is -2.33. The molecule has 1 unspecified atom stereocenters. The lowest BCUT2D eigenvalue weighted by molar-refractivity contribution is 0.254. The average molecular weight is 446 g/mol. The molecule has 1 aromatic carbocycles. The van der Waals surface area contributed by atoms with Crippen molar-refractivity contribution in [3.05, 3.63) is 60.3 Å². The summed E-state index contributed by atoms with van der Waals surface area (Å²) >= 11 is 0. The number of hydrogen-bond acceptors (Lipinski definition) is 6. The van der Waals surface area contributed by atoms with Crippen molar-refractivity contribution in [2.75, 3.05) is 5.32 Å². The second-order valence-corrected chi connectivity index (χ2v) is 9.35. The Bertz CT molecular complexity index is 1330. The van der Waals surface area contributed by atoms with E-state index >= 15 is 0 Å². The summed E-state index contributed by atoms with van der Waals surface area (Å²) in [6.45, 7) is 9.01. The van der Waals surface area contributed by atoms with Crippen LogP contribution in [-0.2, 0) is 18.5 Å². The number of amides is 1. The zero-order valence-electron chi connectivity index (χ0n) is 19.2. The van der Waals surface area contributed by atoms with E-state index in [0.717, 1.165) is 28.6 Å². The molecule has 0 saturated heterocycles. The quantitative estimate of drug-likeness (QED) is 0.488. The highest BCUT2D eigenvalue weighted by atomic mass is 16.5. The number of nitrogens with one attached hydrogen (secondary N) is 2. The first-order valence-electron chi connectivity index (χ1n) is 11.0. The minimum atomic E-state index is -0.274. The molecule has 1 atom stereocenters. The molecule has 4 heterocycles. The number of nitrogens with zero attached hydrogens (tertiary/aromatic N) is 5. The highest BCUT2D eigenvalue weighted by Crippen LogP contribution is 2.30. The van der Waals surface area contributed by atoms with Crippen molar-refractivity contribution in [2.24, 2.45) is 0 Å². The van der Waals surface area contributed by atoms with Crippen LogP contribution in [0.4, 0.5) is 10.6 Å². The van der Waals surface area contributed by atoms with Crippen LogP contribution in [0.15, 0.2) is 49.1 Å². The van der Waals surface area contributed by atoms with E-state index in [9.17, 15) is 4.79 Å². The van der Waals surface area contributed by atoms with Gasteiger partial charge in [-0.2, -0.15) is 5.10 Å². The number of benzene rings is 1. The Labute approximate surface area is 191 Å². The Morgan fingerprint density at radius 3 is 2.82 bits per heavy atom. The van der Waals surface area contributed by atoms with Crippen LogP contribution < -0.4 is 15.4 Å². The van der Waals surface area contributed by atoms with Gasteiger partial charge in [-0.25, -0.2) is 14.8 Å². The van der Waals surface area contributed by atoms with E-state index in [1.165, 1.54) is 6.33 Å². The maximum atomic E-state index is 12.9. The van der Waals surface area contributed by atoms with Gasteiger partial charge in [0.25, 0.3) is 0 Å². The molecule has 0 spiro atoms. The fourth-order valence-electron chi connectivity index (χ4n) is 3.93. The van der Waals surface area contributed by atoms with Crippen molar-refractivity contribution >= 4 is 22.8 Å². The molecule has 5 rings (SSSR count). The third kappa shape index (κ3) is 4.19. The van der Waals surface area contributed by atoms with Crippen LogP contribution in [0.2, 0.25) is 0 Å². The smallest absolute Gasteiger partial charge is 0.331 e. The highest BCUT2D eigenvalue weighted by Gasteiger charge is 2.21. The summed E-state index contributed by atoms with van der Waals surface area (Å²) in [5.41, 5.74) is 2.63. The number of rotatable bonds is 3. The maximum Gasteiger partial charge on any atom is 0.331 e. The molecule has 0 saturated carbocycles. The molecule has 2 N–H and O–H groups in total. The van der Waals surface area contributed by atoms with Gasteiger partial charge in [-0.3, -0.25) is 14.6 Å². The fourth-order valence-corrected chi connectivity index (χ4v) is 3.93. The van der Waals surface area contributed by atoms with Gasteiger partial charge in [0.15, 0.2) is 5.82 Å². The molecule has 33 heavy (non-hydrogen) atoms. The van der Waals surface area contributed by atoms with E-state index in [2.05, 4.69) is 53.4 Å². The van der Waals surface area contributed by atoms with Gasteiger partial charge in [-0.15, -0.1) is 0 Å². The predicted molar refractivity (Wildman–Crippen MR) is 126 cm³/mol. The van der Waals surface area contributed by atoms with Crippen molar-refractivity contribution in [1.29, 1.82) is 0 Å². The van der Waals surface area contributed by atoms with Crippen molar-refractivity contribution in [3.63, 3.8) is 0 Å². The van der Waals surface area contributed by atoms with Crippen molar-refractivity contribution in [2.45, 2.75) is 52.2 Å². The van der Waals surface area contributed by atoms with Crippen LogP contribution in [-0.4, -0.2) is 36.4 Å². The van der Waals surface area contributed by atoms with Crippen LogP contribution in [0.3, 0.4) is 0 Å². The fraction of sp³-hybridized carbons (Fsp3) is 0.333. The Morgan fingerprint density at radius 1 is 1.18 bits per heavy atom. The Hall–Kier alpha value is -3.72. The number of carbonyl (C=O) groups excluding carboxylic acids is 1. The SMILES string of the molecule is CC1Cc2c(ncnc2Oc2ccc3c(ccn3C(=O)Nc3ccn(C(C)(C)C)n3)c2)CN1. The second kappa shape index (κ2) is 8.00. The van der Waals surface area contributed by atoms with E-state index in [0.29, 0.717) is 30.0 Å². The molecule has 170 valence electrons. The van der Waals surface area contributed by atoms with Crippen LogP contribution in [0, 0.1) is 0 Å². The Kier molecular flexibility index (Phi) is 5.13. The van der Waals surface area contributed by atoms with E-state index in [1.807, 2.05) is 35.1 Å². The van der Waals surface area contributed by atoms with Crippen LogP contribution >= 0.6 is 0 Å². The summed E-state index contributed by atoms with van der Waals surface area (Å²) in [4.78, 5) is 21.6. The van der Waals surface area contributed by atoms with Crippen molar-refractivity contribution < 1.29 is 9.53 Å². The first kappa shape index (κ1) is 21.1. The molecule has 0 aliphatic carbocycles. The zero-order chi connectivity index (χ0) is 23.2. The monoisotopic (exact) mass is 445 g/mol. The Balaban J connectivity index is 1.36. The number of fused-ring (bicyclic) bond motifs is 2. The third-order valence-electron chi connectivity index (χ3n) is 5.73. The first-order chi connectivity index (χ1) is 15.8. The minimum Gasteiger partial charge on any atom is -0.439 e. The highest BCUT2D eigenvalue weighted by molar-refractivity contribution is 5.98. The summed E-state index contributed by atoms with van der Waals surface area (Å²) in [5, 5.41) is 11.6. The standard InChI is InChI=1S/C24H27N7O2/c1-15-11-18-19(13-25-15)26-14-27-22(18)33-17-5-6-20-16(12-17)7-9-30(20)23(32)28-21-8-10-31(29-21)24(2,3)4/h5-10,12,14-15,25H,11,13H2,1-4H3,(H,28,29,32). The van der Waals surface area contributed by atoms with Gasteiger partial charge in [0.05, 0.1) is 16.7 Å². The van der Waals surface area contributed by atoms with E-state index < -0.39 is 0 Å². The summed E-state index contributed by atoms with van der Waals surface area (Å²) in [7, 11) is 0. The molecule has 1 amide bonds. The zero-order valence-corrected chi connectivity index (χ0v) is 19.2. The molecule has 3 aromatic heterocycles. The van der Waals surface area contributed by atoms with Crippen LogP contribution in [0.5, 0.6) is 11.6 Å². The van der Waals surface area contributed by atoms with Gasteiger partial charge < -0.3 is 10.1 Å². The summed E-state index contributed by atoms with van der Waals surface area (Å²) in [6.07, 6.45) is 5.95. The van der Waals surface area contributed by atoms with Crippen molar-refractivity contribution in [1.82, 2.24) is 29.6 Å². The number of anilines is 1. The third-order valence-corrected chi connectivity index (χ3v) is 5.73. The van der Waals surface area contributed by atoms with E-state index in [1.54, 1.807) is 16.8 Å². The Morgan fingerprint density at radius 2 is 2.03 bits per heavy atom. The molecular weight excluding hydrogens is 418 g/mol. The molecule has 0 radical (unpaired) electrons. The van der Waals surface area contributed by atoms with Gasteiger partial charge in [0.1, 0.15) is 12.1 Å². The van der Waals surface area contributed by atoms with E-state index in [-0.39, 0.29) is 11.6 Å². The van der Waals surface area contributed by atoms with Crippen LogP contribution in [0.1, 0.15) is 39.0 Å². The van der Waals surface area contributed by atoms with Gasteiger partial charge in [0, 0.05) is 42.0 Å². The molecule has 0 bridgehead atoms.